The minimum absolute atomic E-state index is 0.00693. The van der Waals surface area contributed by atoms with E-state index in [1.54, 1.807) is 35.8 Å². The van der Waals surface area contributed by atoms with Crippen molar-refractivity contribution in [3.8, 4) is 0 Å². The van der Waals surface area contributed by atoms with E-state index in [0.717, 1.165) is 34.8 Å². The molecule has 0 unspecified atom stereocenters. The molecule has 5 rings (SSSR count). The van der Waals surface area contributed by atoms with Crippen LogP contribution in [0.5, 0.6) is 0 Å². The van der Waals surface area contributed by atoms with Crippen molar-refractivity contribution in [2.75, 3.05) is 11.4 Å². The van der Waals surface area contributed by atoms with Crippen molar-refractivity contribution in [1.29, 1.82) is 0 Å². The molecule has 0 bridgehead atoms. The highest BCUT2D eigenvalue weighted by atomic mass is 32.2. The van der Waals surface area contributed by atoms with Crippen LogP contribution in [0, 0.1) is 11.6 Å². The Hall–Kier alpha value is -2.80. The van der Waals surface area contributed by atoms with Gasteiger partial charge in [0.05, 0.1) is 16.9 Å². The number of thiophene rings is 1. The number of fused-ring (bicyclic) bond motifs is 1. The molecule has 4 heterocycles. The lowest BCUT2D eigenvalue weighted by molar-refractivity contribution is -0.121. The fourth-order valence-electron chi connectivity index (χ4n) is 3.93. The second kappa shape index (κ2) is 9.10. The normalized spacial score (nSPS) is 16.8. The SMILES string of the molecule is O=C([C@@H]1CCCN1S(=O)(=O)c1cccs1)N(Cc1ccccn1)c1nc2c(F)cc(F)cc2s1. The molecular formula is C22H18F2N4O3S3. The first kappa shape index (κ1) is 23.0. The van der Waals surface area contributed by atoms with Crippen molar-refractivity contribution in [3.63, 3.8) is 0 Å². The molecule has 3 aromatic heterocycles. The third-order valence-corrected chi connectivity index (χ3v) is 9.80. The summed E-state index contributed by atoms with van der Waals surface area (Å²) >= 11 is 2.06. The van der Waals surface area contributed by atoms with Gasteiger partial charge in [0.2, 0.25) is 5.91 Å². The van der Waals surface area contributed by atoms with E-state index in [2.05, 4.69) is 9.97 Å². The Bertz CT molecular complexity index is 1440. The number of benzene rings is 1. The Kier molecular flexibility index (Phi) is 6.15. The summed E-state index contributed by atoms with van der Waals surface area (Å²) in [6, 6.07) is 9.34. The molecule has 7 nitrogen and oxygen atoms in total. The fourth-order valence-corrected chi connectivity index (χ4v) is 7.71. The Morgan fingerprint density at radius 1 is 1.21 bits per heavy atom. The maximum Gasteiger partial charge on any atom is 0.253 e. The number of pyridine rings is 1. The second-order valence-electron chi connectivity index (χ2n) is 7.68. The van der Waals surface area contributed by atoms with Gasteiger partial charge in [0.15, 0.2) is 10.9 Å². The van der Waals surface area contributed by atoms with Crippen molar-refractivity contribution < 1.29 is 22.0 Å². The molecule has 1 fully saturated rings. The van der Waals surface area contributed by atoms with Crippen LogP contribution < -0.4 is 4.90 Å². The number of carbonyl (C=O) groups is 1. The van der Waals surface area contributed by atoms with Crippen LogP contribution in [0.15, 0.2) is 58.3 Å². The topological polar surface area (TPSA) is 83.5 Å². The van der Waals surface area contributed by atoms with E-state index in [-0.39, 0.29) is 32.6 Å². The Morgan fingerprint density at radius 3 is 2.79 bits per heavy atom. The number of rotatable bonds is 6. The van der Waals surface area contributed by atoms with Crippen LogP contribution in [0.2, 0.25) is 0 Å². The van der Waals surface area contributed by atoms with Gasteiger partial charge in [-0.25, -0.2) is 22.2 Å². The Balaban J connectivity index is 1.55. The Morgan fingerprint density at radius 2 is 2.06 bits per heavy atom. The smallest absolute Gasteiger partial charge is 0.253 e. The lowest BCUT2D eigenvalue weighted by Gasteiger charge is -2.28. The van der Waals surface area contributed by atoms with Crippen LogP contribution in [0.25, 0.3) is 10.2 Å². The summed E-state index contributed by atoms with van der Waals surface area (Å²) in [5.41, 5.74) is 0.502. The Labute approximate surface area is 202 Å². The highest BCUT2D eigenvalue weighted by Gasteiger charge is 2.42. The quantitative estimate of drug-likeness (QED) is 0.376. The minimum Gasteiger partial charge on any atom is -0.281 e. The van der Waals surface area contributed by atoms with Gasteiger partial charge in [-0.05, 0) is 42.5 Å². The minimum atomic E-state index is -3.85. The van der Waals surface area contributed by atoms with Crippen molar-refractivity contribution in [2.45, 2.75) is 29.6 Å². The van der Waals surface area contributed by atoms with Crippen LogP contribution in [0.3, 0.4) is 0 Å². The van der Waals surface area contributed by atoms with Gasteiger partial charge >= 0.3 is 0 Å². The van der Waals surface area contributed by atoms with Crippen molar-refractivity contribution in [1.82, 2.24) is 14.3 Å². The van der Waals surface area contributed by atoms with Crippen LogP contribution in [0.4, 0.5) is 13.9 Å². The third kappa shape index (κ3) is 4.22. The number of thiazole rings is 1. The molecule has 0 aliphatic carbocycles. The highest BCUT2D eigenvalue weighted by Crippen LogP contribution is 2.35. The summed E-state index contributed by atoms with van der Waals surface area (Å²) < 4.78 is 56.1. The molecule has 0 saturated carbocycles. The molecule has 1 amide bonds. The molecule has 12 heteroatoms. The van der Waals surface area contributed by atoms with E-state index < -0.39 is 33.6 Å². The zero-order valence-corrected chi connectivity index (χ0v) is 20.0. The van der Waals surface area contributed by atoms with Gasteiger partial charge in [-0.15, -0.1) is 11.3 Å². The van der Waals surface area contributed by atoms with Gasteiger partial charge < -0.3 is 0 Å². The average Bonchev–Trinajstić information content (AvgIpc) is 3.58. The standard InChI is InChI=1S/C22H18F2N4O3S3/c23-14-11-16(24)20-18(12-14)33-22(26-20)27(13-15-5-1-2-8-25-15)21(29)17-6-3-9-28(17)34(30,31)19-7-4-10-32-19/h1-2,4-5,7-8,10-12,17H,3,6,9,13H2/t17-/m0/s1. The summed E-state index contributed by atoms with van der Waals surface area (Å²) in [5, 5.41) is 1.82. The number of hydrogen-bond donors (Lipinski definition) is 0. The number of amides is 1. The van der Waals surface area contributed by atoms with E-state index in [4.69, 9.17) is 0 Å². The van der Waals surface area contributed by atoms with Gasteiger partial charge in [-0.2, -0.15) is 4.31 Å². The molecule has 1 atom stereocenters. The number of sulfonamides is 1. The molecule has 1 saturated heterocycles. The van der Waals surface area contributed by atoms with E-state index in [1.807, 2.05) is 0 Å². The first-order valence-electron chi connectivity index (χ1n) is 10.4. The molecule has 176 valence electrons. The number of halogens is 2. The van der Waals surface area contributed by atoms with Crippen LogP contribution in [-0.4, -0.2) is 41.2 Å². The average molecular weight is 521 g/mol. The van der Waals surface area contributed by atoms with E-state index in [9.17, 15) is 22.0 Å². The first-order valence-corrected chi connectivity index (χ1v) is 13.5. The molecule has 1 aliphatic rings. The maximum absolute atomic E-state index is 14.3. The number of carbonyl (C=O) groups excluding carboxylic acids is 1. The van der Waals surface area contributed by atoms with Crippen LogP contribution in [0.1, 0.15) is 18.5 Å². The highest BCUT2D eigenvalue weighted by molar-refractivity contribution is 7.91. The largest absolute Gasteiger partial charge is 0.281 e. The number of aromatic nitrogens is 2. The van der Waals surface area contributed by atoms with Crippen molar-refractivity contribution in [2.24, 2.45) is 0 Å². The number of nitrogens with zero attached hydrogens (tertiary/aromatic N) is 4. The van der Waals surface area contributed by atoms with Gasteiger partial charge in [0, 0.05) is 18.8 Å². The van der Waals surface area contributed by atoms with Crippen LogP contribution >= 0.6 is 22.7 Å². The summed E-state index contributed by atoms with van der Waals surface area (Å²) in [7, 11) is -3.85. The van der Waals surface area contributed by atoms with E-state index in [0.29, 0.717) is 18.5 Å². The molecule has 0 spiro atoms. The van der Waals surface area contributed by atoms with Gasteiger partial charge in [-0.1, -0.05) is 23.5 Å². The maximum atomic E-state index is 14.3. The number of hydrogen-bond acceptors (Lipinski definition) is 7. The van der Waals surface area contributed by atoms with Crippen molar-refractivity contribution in [3.05, 3.63) is 71.4 Å². The fraction of sp³-hybridized carbons (Fsp3) is 0.227. The summed E-state index contributed by atoms with van der Waals surface area (Å²) in [6.45, 7) is 0.223. The molecular weight excluding hydrogens is 502 g/mol. The monoisotopic (exact) mass is 520 g/mol. The van der Waals surface area contributed by atoms with Gasteiger partial charge in [0.1, 0.15) is 21.6 Å². The number of anilines is 1. The molecule has 4 aromatic rings. The molecule has 0 radical (unpaired) electrons. The molecule has 1 aromatic carbocycles. The van der Waals surface area contributed by atoms with Gasteiger partial charge in [-0.3, -0.25) is 14.7 Å². The predicted molar refractivity (Wildman–Crippen MR) is 126 cm³/mol. The summed E-state index contributed by atoms with van der Waals surface area (Å²) in [5.74, 6) is -2.06. The van der Waals surface area contributed by atoms with Gasteiger partial charge in [0.25, 0.3) is 10.0 Å². The predicted octanol–water partition coefficient (Wildman–Crippen LogP) is 4.42. The van der Waals surface area contributed by atoms with Crippen molar-refractivity contribution >= 4 is 54.0 Å². The zero-order chi connectivity index (χ0) is 23.9. The van der Waals surface area contributed by atoms with E-state index >= 15 is 0 Å². The summed E-state index contributed by atoms with van der Waals surface area (Å²) in [6.07, 6.45) is 2.45. The molecule has 34 heavy (non-hydrogen) atoms. The van der Waals surface area contributed by atoms with E-state index in [1.165, 1.54) is 15.3 Å². The summed E-state index contributed by atoms with van der Waals surface area (Å²) in [4.78, 5) is 23.7. The lowest BCUT2D eigenvalue weighted by atomic mass is 10.2. The van der Waals surface area contributed by atoms with Crippen LogP contribution in [-0.2, 0) is 21.4 Å². The molecule has 0 N–H and O–H groups in total. The zero-order valence-electron chi connectivity index (χ0n) is 17.6. The second-order valence-corrected chi connectivity index (χ2v) is 11.8. The lowest BCUT2D eigenvalue weighted by Crippen LogP contribution is -2.47. The molecule has 1 aliphatic heterocycles. The first-order chi connectivity index (χ1) is 16.3. The third-order valence-electron chi connectivity index (χ3n) is 5.49.